The van der Waals surface area contributed by atoms with Crippen molar-refractivity contribution in [2.75, 3.05) is 7.11 Å². The van der Waals surface area contributed by atoms with Crippen molar-refractivity contribution >= 4 is 16.0 Å². The van der Waals surface area contributed by atoms with Crippen molar-refractivity contribution in [1.82, 2.24) is 9.88 Å². The van der Waals surface area contributed by atoms with Crippen LogP contribution in [-0.4, -0.2) is 32.7 Å². The number of hydrogen-bond donors (Lipinski definition) is 1. The maximum absolute atomic E-state index is 12.7. The van der Waals surface area contributed by atoms with Gasteiger partial charge in [0.05, 0.1) is 12.0 Å². The lowest BCUT2D eigenvalue weighted by molar-refractivity contribution is -0.148. The molecule has 0 spiro atoms. The number of hydrogen-bond acceptors (Lipinski definition) is 7. The largest absolute Gasteiger partial charge is 0.497 e. The number of sulfonamides is 1. The van der Waals surface area contributed by atoms with Gasteiger partial charge in [-0.25, -0.2) is 8.42 Å². The fourth-order valence-corrected chi connectivity index (χ4v) is 4.25. The minimum Gasteiger partial charge on any atom is -0.497 e. The number of aromatic nitrogens is 1. The summed E-state index contributed by atoms with van der Waals surface area (Å²) in [6.45, 7) is 5.17. The van der Waals surface area contributed by atoms with Crippen LogP contribution in [0.2, 0.25) is 0 Å². The van der Waals surface area contributed by atoms with Crippen molar-refractivity contribution < 1.29 is 27.2 Å². The summed E-state index contributed by atoms with van der Waals surface area (Å²) in [7, 11) is -2.30. The van der Waals surface area contributed by atoms with Gasteiger partial charge in [0, 0.05) is 11.6 Å². The van der Waals surface area contributed by atoms with Crippen molar-refractivity contribution in [3.05, 3.63) is 65.9 Å². The number of ether oxygens (including phenoxy) is 2. The minimum atomic E-state index is -3.88. The van der Waals surface area contributed by atoms with Gasteiger partial charge in [0.2, 0.25) is 10.0 Å². The Kier molecular flexibility index (Phi) is 7.32. The van der Waals surface area contributed by atoms with Gasteiger partial charge < -0.3 is 14.0 Å². The Morgan fingerprint density at radius 1 is 1.09 bits per heavy atom. The number of rotatable bonds is 9. The van der Waals surface area contributed by atoms with Gasteiger partial charge in [-0.15, -0.1) is 0 Å². The van der Waals surface area contributed by atoms with Crippen LogP contribution in [0, 0.1) is 12.8 Å². The smallest absolute Gasteiger partial charge is 0.324 e. The summed E-state index contributed by atoms with van der Waals surface area (Å²) in [5, 5.41) is 3.99. The van der Waals surface area contributed by atoms with E-state index >= 15 is 0 Å². The maximum atomic E-state index is 12.7. The van der Waals surface area contributed by atoms with Crippen LogP contribution in [0.1, 0.15) is 25.2 Å². The Balaban J connectivity index is 1.65. The van der Waals surface area contributed by atoms with E-state index < -0.39 is 22.0 Å². The lowest BCUT2D eigenvalue weighted by Gasteiger charge is -2.20. The van der Waals surface area contributed by atoms with Crippen molar-refractivity contribution in [2.45, 2.75) is 38.3 Å². The summed E-state index contributed by atoms with van der Waals surface area (Å²) >= 11 is 0. The third-order valence-electron chi connectivity index (χ3n) is 4.84. The minimum absolute atomic E-state index is 0.0842. The molecule has 0 fully saturated rings. The van der Waals surface area contributed by atoms with Gasteiger partial charge in [-0.3, -0.25) is 4.79 Å². The molecule has 0 radical (unpaired) electrons. The highest BCUT2D eigenvalue weighted by molar-refractivity contribution is 7.89. The summed E-state index contributed by atoms with van der Waals surface area (Å²) in [5.74, 6) is 0.0395. The average Bonchev–Trinajstić information content (AvgIpc) is 3.25. The molecule has 0 aliphatic carbocycles. The molecule has 1 heterocycles. The molecule has 0 aliphatic heterocycles. The van der Waals surface area contributed by atoms with E-state index in [9.17, 15) is 13.2 Å². The van der Waals surface area contributed by atoms with Crippen LogP contribution in [0.15, 0.2) is 64.0 Å². The number of benzene rings is 2. The van der Waals surface area contributed by atoms with Gasteiger partial charge in [0.15, 0.2) is 12.4 Å². The van der Waals surface area contributed by atoms with Gasteiger partial charge in [0.25, 0.3) is 0 Å². The van der Waals surface area contributed by atoms with Crippen LogP contribution in [0.25, 0.3) is 11.3 Å². The van der Waals surface area contributed by atoms with Gasteiger partial charge in [0.1, 0.15) is 17.5 Å². The molecular weight excluding hydrogens is 432 g/mol. The third-order valence-corrected chi connectivity index (χ3v) is 6.29. The van der Waals surface area contributed by atoms with E-state index in [0.717, 1.165) is 16.9 Å². The molecule has 0 saturated heterocycles. The van der Waals surface area contributed by atoms with Crippen molar-refractivity contribution in [3.63, 3.8) is 0 Å². The maximum Gasteiger partial charge on any atom is 0.324 e. The molecule has 9 heteroatoms. The first kappa shape index (κ1) is 23.5. The molecule has 0 unspecified atom stereocenters. The lowest BCUT2D eigenvalue weighted by atomic mass is 10.1. The number of esters is 1. The standard InChI is InChI=1S/C23H26N2O6S/c1-15(2)22(25-32(27,28)20-11-5-16(3)6-12-20)23(26)30-14-19-13-21(24-31-19)17-7-9-18(29-4)10-8-17/h5-13,15,22,25H,14H2,1-4H3/t22-/m0/s1. The molecule has 3 rings (SSSR count). The zero-order valence-corrected chi connectivity index (χ0v) is 19.2. The zero-order chi connectivity index (χ0) is 23.3. The topological polar surface area (TPSA) is 108 Å². The first-order chi connectivity index (χ1) is 15.2. The summed E-state index contributed by atoms with van der Waals surface area (Å²) in [5.41, 5.74) is 2.34. The molecular formula is C23H26N2O6S. The van der Waals surface area contributed by atoms with Crippen LogP contribution in [0.5, 0.6) is 5.75 Å². The van der Waals surface area contributed by atoms with E-state index in [2.05, 4.69) is 9.88 Å². The van der Waals surface area contributed by atoms with E-state index in [0.29, 0.717) is 11.5 Å². The fraction of sp³-hybridized carbons (Fsp3) is 0.304. The number of carbonyl (C=O) groups excluding carboxylic acids is 1. The molecule has 1 aromatic heterocycles. The molecule has 0 aliphatic rings. The second-order valence-corrected chi connectivity index (χ2v) is 9.38. The first-order valence-corrected chi connectivity index (χ1v) is 11.5. The molecule has 2 aromatic carbocycles. The van der Waals surface area contributed by atoms with E-state index in [1.54, 1.807) is 51.3 Å². The second-order valence-electron chi connectivity index (χ2n) is 7.67. The van der Waals surface area contributed by atoms with Gasteiger partial charge in [-0.05, 0) is 49.2 Å². The Morgan fingerprint density at radius 3 is 2.34 bits per heavy atom. The predicted octanol–water partition coefficient (Wildman–Crippen LogP) is 3.70. The Labute approximate surface area is 187 Å². The highest BCUT2D eigenvalue weighted by Crippen LogP contribution is 2.22. The van der Waals surface area contributed by atoms with Gasteiger partial charge >= 0.3 is 5.97 Å². The molecule has 3 aromatic rings. The highest BCUT2D eigenvalue weighted by atomic mass is 32.2. The van der Waals surface area contributed by atoms with Crippen LogP contribution >= 0.6 is 0 Å². The lowest BCUT2D eigenvalue weighted by Crippen LogP contribution is -2.45. The molecule has 1 N–H and O–H groups in total. The van der Waals surface area contributed by atoms with Crippen LogP contribution < -0.4 is 9.46 Å². The van der Waals surface area contributed by atoms with Crippen molar-refractivity contribution in [2.24, 2.45) is 5.92 Å². The SMILES string of the molecule is COc1ccc(-c2cc(COC(=O)[C@@H](NS(=O)(=O)c3ccc(C)cc3)C(C)C)on2)cc1. The number of carbonyl (C=O) groups is 1. The monoisotopic (exact) mass is 458 g/mol. The zero-order valence-electron chi connectivity index (χ0n) is 18.4. The third kappa shape index (κ3) is 5.74. The fourth-order valence-electron chi connectivity index (χ4n) is 2.92. The Morgan fingerprint density at radius 2 is 1.75 bits per heavy atom. The number of aryl methyl sites for hydroxylation is 1. The number of methoxy groups -OCH3 is 1. The van der Waals surface area contributed by atoms with E-state index in [4.69, 9.17) is 14.0 Å². The Bertz CT molecular complexity index is 1150. The second kappa shape index (κ2) is 9.97. The molecule has 0 amide bonds. The van der Waals surface area contributed by atoms with Crippen LogP contribution in [-0.2, 0) is 26.2 Å². The molecule has 8 nitrogen and oxygen atoms in total. The van der Waals surface area contributed by atoms with E-state index in [-0.39, 0.29) is 17.4 Å². The van der Waals surface area contributed by atoms with Gasteiger partial charge in [-0.2, -0.15) is 4.72 Å². The van der Waals surface area contributed by atoms with E-state index in [1.807, 2.05) is 19.1 Å². The summed E-state index contributed by atoms with van der Waals surface area (Å²) in [4.78, 5) is 12.7. The van der Waals surface area contributed by atoms with Crippen LogP contribution in [0.3, 0.4) is 0 Å². The molecule has 0 saturated carbocycles. The van der Waals surface area contributed by atoms with Crippen LogP contribution in [0.4, 0.5) is 0 Å². The summed E-state index contributed by atoms with van der Waals surface area (Å²) in [6, 6.07) is 14.3. The van der Waals surface area contributed by atoms with E-state index in [1.165, 1.54) is 12.1 Å². The number of nitrogens with one attached hydrogen (secondary N) is 1. The highest BCUT2D eigenvalue weighted by Gasteiger charge is 2.30. The molecule has 170 valence electrons. The number of nitrogens with zero attached hydrogens (tertiary/aromatic N) is 1. The van der Waals surface area contributed by atoms with Gasteiger partial charge in [-0.1, -0.05) is 36.7 Å². The first-order valence-electron chi connectivity index (χ1n) is 10.1. The van der Waals surface area contributed by atoms with Crippen molar-refractivity contribution in [1.29, 1.82) is 0 Å². The molecule has 1 atom stereocenters. The predicted molar refractivity (Wildman–Crippen MR) is 118 cm³/mol. The Hall–Kier alpha value is -3.17. The molecule has 0 bridgehead atoms. The summed E-state index contributed by atoms with van der Waals surface area (Å²) < 4.78 is 43.5. The average molecular weight is 459 g/mol. The molecule has 32 heavy (non-hydrogen) atoms. The van der Waals surface area contributed by atoms with Crippen molar-refractivity contribution in [3.8, 4) is 17.0 Å². The summed E-state index contributed by atoms with van der Waals surface area (Å²) in [6.07, 6.45) is 0. The quantitative estimate of drug-likeness (QED) is 0.487. The normalized spacial score (nSPS) is 12.5.